The van der Waals surface area contributed by atoms with Gasteiger partial charge in [0.15, 0.2) is 17.3 Å². The maximum atomic E-state index is 14.1. The summed E-state index contributed by atoms with van der Waals surface area (Å²) >= 11 is 0. The fourth-order valence-corrected chi connectivity index (χ4v) is 12.8. The molecular formula is C62H68N6O9S2. The Labute approximate surface area is 470 Å². The highest BCUT2D eigenvalue weighted by Crippen LogP contribution is 2.44. The van der Waals surface area contributed by atoms with E-state index < -0.39 is 17.9 Å². The molecule has 2 N–H and O–H groups in total. The number of carbonyl (C=O) groups excluding carboxylic acids is 6. The van der Waals surface area contributed by atoms with Gasteiger partial charge in [0.2, 0.25) is 11.8 Å². The van der Waals surface area contributed by atoms with E-state index in [1.807, 2.05) is 85.6 Å². The average Bonchev–Trinajstić information content (AvgIpc) is 4.02. The second kappa shape index (κ2) is 24.4. The minimum atomic E-state index is -0.801. The summed E-state index contributed by atoms with van der Waals surface area (Å²) in [6.07, 6.45) is 7.61. The van der Waals surface area contributed by atoms with E-state index in [-0.39, 0.29) is 72.2 Å². The summed E-state index contributed by atoms with van der Waals surface area (Å²) in [5.41, 5.74) is 8.28. The zero-order chi connectivity index (χ0) is 56.1. The number of fused-ring (bicyclic) bond motifs is 8. The summed E-state index contributed by atoms with van der Waals surface area (Å²) in [4.78, 5) is 93.6. The van der Waals surface area contributed by atoms with Crippen molar-refractivity contribution in [3.8, 4) is 17.2 Å². The van der Waals surface area contributed by atoms with E-state index >= 15 is 0 Å². The number of methoxy groups -OCH3 is 1. The van der Waals surface area contributed by atoms with Crippen LogP contribution in [0.25, 0.3) is 0 Å². The van der Waals surface area contributed by atoms with E-state index in [1.54, 1.807) is 76.9 Å². The van der Waals surface area contributed by atoms with Gasteiger partial charge < -0.3 is 24.8 Å². The van der Waals surface area contributed by atoms with Crippen molar-refractivity contribution in [3.63, 3.8) is 0 Å². The number of Topliss-reactive ketones (excluding diaryl/α,β-unsaturated/α-hetero) is 2. The van der Waals surface area contributed by atoms with Crippen LogP contribution in [0.2, 0.25) is 0 Å². The van der Waals surface area contributed by atoms with Crippen LogP contribution >= 0.6 is 21.6 Å². The molecule has 0 spiro atoms. The standard InChI is InChI=1S/C62H68N6O9S2/c1-9-47(69)19-18-38(4)78-79-62(6,7)21-20-58(71)65-39(5)54(70)23-37(3)59(72)66-44-25-40(34-76-55-30-50-48(22-36(55)2)60(73)67-45(32-63-50)27-42-14-10-12-16-52(42)67)24-41(26-44)35-77-57-31-51-49(29-56(57)75-8)61(74)68-46(33-64-51)28-43-15-11-13-17-53(43)68/h10-17,22,24-26,29-33,37-39,45-46H,9,18-21,23,27-28,34-35H2,1-8H3,(H,65,71)(H,66,72)/t37-,38?,39+,45+,46+/m1/s1. The van der Waals surface area contributed by atoms with Crippen LogP contribution in [0.15, 0.2) is 101 Å². The molecule has 79 heavy (non-hydrogen) atoms. The molecule has 17 heteroatoms. The van der Waals surface area contributed by atoms with Gasteiger partial charge in [0.25, 0.3) is 11.8 Å². The minimum absolute atomic E-state index is 0.0153. The highest BCUT2D eigenvalue weighted by atomic mass is 33.1. The lowest BCUT2D eigenvalue weighted by atomic mass is 9.99. The van der Waals surface area contributed by atoms with Crippen molar-refractivity contribution in [2.24, 2.45) is 15.9 Å². The van der Waals surface area contributed by atoms with Gasteiger partial charge in [-0.1, -0.05) is 78.8 Å². The maximum Gasteiger partial charge on any atom is 0.261 e. The number of benzene rings is 5. The lowest BCUT2D eigenvalue weighted by molar-refractivity contribution is -0.129. The molecule has 4 heterocycles. The number of rotatable bonds is 23. The molecule has 4 aliphatic heterocycles. The SMILES string of the molecule is CCC(=O)CCC(C)SSC(C)(C)CCC(=O)N[C@@H](C)C(=O)C[C@@H](C)C(=O)Nc1cc(COc2cc3c(cc2C)C(=O)N2c4ccccc4C[C@H]2C=N3)cc(COc2cc3c(cc2OC)C(=O)N2c4ccccc4C[C@H]2C=N3)c1. The van der Waals surface area contributed by atoms with Gasteiger partial charge in [0, 0.05) is 96.1 Å². The molecule has 0 saturated heterocycles. The van der Waals surface area contributed by atoms with Crippen LogP contribution in [0, 0.1) is 12.8 Å². The molecule has 5 aromatic rings. The molecule has 0 radical (unpaired) electrons. The summed E-state index contributed by atoms with van der Waals surface area (Å²) in [7, 11) is 4.95. The second-order valence-corrected chi connectivity index (χ2v) is 24.9. The van der Waals surface area contributed by atoms with E-state index in [9.17, 15) is 28.8 Å². The molecule has 4 amide bonds. The molecule has 0 aromatic heterocycles. The fourth-order valence-electron chi connectivity index (χ4n) is 10.2. The zero-order valence-corrected chi connectivity index (χ0v) is 47.7. The number of anilines is 3. The Morgan fingerprint density at radius 3 is 1.91 bits per heavy atom. The fraction of sp³-hybridized carbons (Fsp3) is 0.387. The lowest BCUT2D eigenvalue weighted by Crippen LogP contribution is -2.40. The largest absolute Gasteiger partial charge is 0.493 e. The number of amides is 4. The number of aliphatic imine (C=N–C) groups is 2. The maximum absolute atomic E-state index is 14.1. The molecule has 412 valence electrons. The number of hydrogen-bond donors (Lipinski definition) is 2. The lowest BCUT2D eigenvalue weighted by Gasteiger charge is -2.25. The monoisotopic (exact) mass is 1100 g/mol. The zero-order valence-electron chi connectivity index (χ0n) is 46.1. The number of hydrogen-bond acceptors (Lipinski definition) is 13. The Kier molecular flexibility index (Phi) is 17.5. The topological polar surface area (TPSA) is 185 Å². The van der Waals surface area contributed by atoms with E-state index in [2.05, 4.69) is 31.4 Å². The van der Waals surface area contributed by atoms with Crippen LogP contribution in [-0.2, 0) is 45.2 Å². The number of aryl methyl sites for hydroxylation is 1. The number of nitrogens with zero attached hydrogens (tertiary/aromatic N) is 4. The van der Waals surface area contributed by atoms with Crippen molar-refractivity contribution in [2.45, 2.75) is 141 Å². The molecular weight excluding hydrogens is 1040 g/mol. The van der Waals surface area contributed by atoms with Crippen molar-refractivity contribution in [1.82, 2.24) is 5.32 Å². The van der Waals surface area contributed by atoms with Crippen molar-refractivity contribution >= 4 is 97.6 Å². The van der Waals surface area contributed by atoms with Gasteiger partial charge in [0.05, 0.1) is 47.7 Å². The van der Waals surface area contributed by atoms with Crippen molar-refractivity contribution in [2.75, 3.05) is 22.2 Å². The van der Waals surface area contributed by atoms with E-state index in [0.29, 0.717) is 93.9 Å². The first-order valence-corrected chi connectivity index (χ1v) is 29.2. The molecule has 9 rings (SSSR count). The Bertz CT molecular complexity index is 3270. The van der Waals surface area contributed by atoms with Gasteiger partial charge in [-0.2, -0.15) is 0 Å². The van der Waals surface area contributed by atoms with Crippen LogP contribution in [0.1, 0.15) is 129 Å². The quantitative estimate of drug-likeness (QED) is 0.0593. The Morgan fingerprint density at radius 1 is 0.747 bits per heavy atom. The number of nitrogens with one attached hydrogen (secondary N) is 2. The summed E-state index contributed by atoms with van der Waals surface area (Å²) in [6, 6.07) is 27.0. The third kappa shape index (κ3) is 13.1. The Balaban J connectivity index is 0.884. The number of ketones is 2. The molecule has 1 unspecified atom stereocenters. The smallest absolute Gasteiger partial charge is 0.261 e. The number of para-hydroxylation sites is 2. The highest BCUT2D eigenvalue weighted by molar-refractivity contribution is 8.77. The van der Waals surface area contributed by atoms with Crippen molar-refractivity contribution in [1.29, 1.82) is 0 Å². The van der Waals surface area contributed by atoms with E-state index in [0.717, 1.165) is 34.5 Å². The predicted octanol–water partition coefficient (Wildman–Crippen LogP) is 11.9. The first-order valence-electron chi connectivity index (χ1n) is 27.0. The molecule has 0 bridgehead atoms. The summed E-state index contributed by atoms with van der Waals surface area (Å²) in [5, 5.41) is 6.15. The first-order chi connectivity index (χ1) is 37.9. The molecule has 0 fully saturated rings. The number of carbonyl (C=O) groups is 6. The molecule has 0 aliphatic carbocycles. The van der Waals surface area contributed by atoms with Crippen molar-refractivity contribution < 1.29 is 43.0 Å². The highest BCUT2D eigenvalue weighted by Gasteiger charge is 2.38. The van der Waals surface area contributed by atoms with Gasteiger partial charge in [0.1, 0.15) is 24.7 Å². The Morgan fingerprint density at radius 2 is 1.32 bits per heavy atom. The van der Waals surface area contributed by atoms with Crippen LogP contribution in [0.3, 0.4) is 0 Å². The van der Waals surface area contributed by atoms with Gasteiger partial charge in [-0.3, -0.25) is 48.6 Å². The minimum Gasteiger partial charge on any atom is -0.493 e. The van der Waals surface area contributed by atoms with E-state index in [4.69, 9.17) is 24.2 Å². The van der Waals surface area contributed by atoms with Crippen LogP contribution in [0.5, 0.6) is 17.2 Å². The van der Waals surface area contributed by atoms with Crippen LogP contribution in [-0.4, -0.2) is 82.9 Å². The van der Waals surface area contributed by atoms with Crippen LogP contribution in [0.4, 0.5) is 28.4 Å². The Hall–Kier alpha value is -7.24. The third-order valence-corrected chi connectivity index (χ3v) is 18.8. The molecule has 15 nitrogen and oxygen atoms in total. The van der Waals surface area contributed by atoms with Gasteiger partial charge in [-0.25, -0.2) is 0 Å². The van der Waals surface area contributed by atoms with Gasteiger partial charge in [-0.05, 0) is 111 Å². The third-order valence-electron chi connectivity index (χ3n) is 14.8. The molecule has 5 atom stereocenters. The normalized spacial score (nSPS) is 17.0. The summed E-state index contributed by atoms with van der Waals surface area (Å²) in [5.74, 6) is -0.473. The molecule has 4 aliphatic rings. The van der Waals surface area contributed by atoms with Gasteiger partial charge >= 0.3 is 0 Å². The average molecular weight is 1110 g/mol. The molecule has 5 aromatic carbocycles. The second-order valence-electron chi connectivity index (χ2n) is 21.5. The van der Waals surface area contributed by atoms with Gasteiger partial charge in [-0.15, -0.1) is 0 Å². The number of ether oxygens (including phenoxy) is 3. The summed E-state index contributed by atoms with van der Waals surface area (Å²) < 4.78 is 18.5. The summed E-state index contributed by atoms with van der Waals surface area (Å²) in [6.45, 7) is 13.4. The first kappa shape index (κ1) is 56.5. The van der Waals surface area contributed by atoms with Crippen LogP contribution < -0.4 is 34.6 Å². The predicted molar refractivity (Wildman–Crippen MR) is 315 cm³/mol. The van der Waals surface area contributed by atoms with E-state index in [1.165, 1.54) is 7.11 Å². The van der Waals surface area contributed by atoms with Crippen molar-refractivity contribution in [3.05, 3.63) is 130 Å². The molecule has 0 saturated carbocycles.